The first kappa shape index (κ1) is 20.5. The molecule has 0 radical (unpaired) electrons. The Bertz CT molecular complexity index is 781. The number of nitrogens with zero attached hydrogens (tertiary/aromatic N) is 1. The minimum atomic E-state index is -0.519. The molecule has 146 valence electrons. The molecular formula is C20H25NO6. The lowest BCUT2D eigenvalue weighted by Crippen LogP contribution is -2.28. The van der Waals surface area contributed by atoms with Crippen molar-refractivity contribution in [1.82, 2.24) is 4.90 Å². The fraction of sp³-hybridized carbons (Fsp3) is 0.400. The maximum Gasteiger partial charge on any atom is 0.340 e. The summed E-state index contributed by atoms with van der Waals surface area (Å²) in [5, 5.41) is 0. The SMILES string of the molecule is CCOC(=O)C1=C(C)N(CCOC)C(=O)/C1=C\c1ccc(OC)c(OC)c1. The summed E-state index contributed by atoms with van der Waals surface area (Å²) in [6.07, 6.45) is 1.66. The molecule has 1 aliphatic heterocycles. The van der Waals surface area contributed by atoms with Crippen LogP contribution in [0.1, 0.15) is 19.4 Å². The van der Waals surface area contributed by atoms with E-state index in [1.807, 2.05) is 0 Å². The van der Waals surface area contributed by atoms with E-state index in [0.717, 1.165) is 0 Å². The zero-order valence-corrected chi connectivity index (χ0v) is 16.3. The summed E-state index contributed by atoms with van der Waals surface area (Å²) < 4.78 is 20.8. The van der Waals surface area contributed by atoms with Crippen LogP contribution in [-0.4, -0.2) is 57.9 Å². The normalized spacial score (nSPS) is 15.5. The third kappa shape index (κ3) is 4.31. The average molecular weight is 375 g/mol. The predicted molar refractivity (Wildman–Crippen MR) is 100 cm³/mol. The molecule has 0 aromatic heterocycles. The summed E-state index contributed by atoms with van der Waals surface area (Å²) in [6, 6.07) is 5.28. The fourth-order valence-electron chi connectivity index (χ4n) is 2.89. The van der Waals surface area contributed by atoms with Crippen molar-refractivity contribution in [2.24, 2.45) is 0 Å². The lowest BCUT2D eigenvalue weighted by molar-refractivity contribution is -0.138. The van der Waals surface area contributed by atoms with E-state index in [4.69, 9.17) is 18.9 Å². The molecule has 0 bridgehead atoms. The van der Waals surface area contributed by atoms with Crippen LogP contribution in [0.15, 0.2) is 35.0 Å². The van der Waals surface area contributed by atoms with Crippen molar-refractivity contribution >= 4 is 18.0 Å². The number of hydrogen-bond donors (Lipinski definition) is 0. The smallest absolute Gasteiger partial charge is 0.340 e. The largest absolute Gasteiger partial charge is 0.493 e. The van der Waals surface area contributed by atoms with Crippen LogP contribution in [0.5, 0.6) is 11.5 Å². The van der Waals surface area contributed by atoms with Crippen molar-refractivity contribution in [2.75, 3.05) is 41.1 Å². The number of ether oxygens (including phenoxy) is 4. The first-order valence-corrected chi connectivity index (χ1v) is 8.61. The quantitative estimate of drug-likeness (QED) is 0.513. The van der Waals surface area contributed by atoms with Crippen LogP contribution < -0.4 is 9.47 Å². The summed E-state index contributed by atoms with van der Waals surface area (Å²) in [5.41, 5.74) is 1.82. The minimum absolute atomic E-state index is 0.228. The van der Waals surface area contributed by atoms with Gasteiger partial charge in [0.25, 0.3) is 5.91 Å². The monoisotopic (exact) mass is 375 g/mol. The van der Waals surface area contributed by atoms with Gasteiger partial charge in [-0.2, -0.15) is 0 Å². The minimum Gasteiger partial charge on any atom is -0.493 e. The Kier molecular flexibility index (Phi) is 7.01. The zero-order chi connectivity index (χ0) is 20.0. The Morgan fingerprint density at radius 3 is 2.44 bits per heavy atom. The van der Waals surface area contributed by atoms with Crippen molar-refractivity contribution in [2.45, 2.75) is 13.8 Å². The molecule has 0 unspecified atom stereocenters. The number of esters is 1. The van der Waals surface area contributed by atoms with Gasteiger partial charge in [0.1, 0.15) is 0 Å². The maximum absolute atomic E-state index is 12.9. The maximum atomic E-state index is 12.9. The van der Waals surface area contributed by atoms with Gasteiger partial charge < -0.3 is 23.8 Å². The summed E-state index contributed by atoms with van der Waals surface area (Å²) in [4.78, 5) is 26.9. The second-order valence-electron chi connectivity index (χ2n) is 5.80. The molecule has 0 aliphatic carbocycles. The third-order valence-electron chi connectivity index (χ3n) is 4.23. The van der Waals surface area contributed by atoms with Crippen molar-refractivity contribution in [3.63, 3.8) is 0 Å². The zero-order valence-electron chi connectivity index (χ0n) is 16.3. The van der Waals surface area contributed by atoms with Gasteiger partial charge in [-0.25, -0.2) is 4.79 Å². The van der Waals surface area contributed by atoms with Gasteiger partial charge in [-0.3, -0.25) is 4.79 Å². The van der Waals surface area contributed by atoms with E-state index in [1.165, 1.54) is 12.0 Å². The van der Waals surface area contributed by atoms with Gasteiger partial charge >= 0.3 is 5.97 Å². The molecule has 0 spiro atoms. The molecule has 27 heavy (non-hydrogen) atoms. The third-order valence-corrected chi connectivity index (χ3v) is 4.23. The number of hydrogen-bond acceptors (Lipinski definition) is 6. The lowest BCUT2D eigenvalue weighted by atomic mass is 10.0. The number of rotatable bonds is 8. The molecule has 1 aromatic carbocycles. The summed E-state index contributed by atoms with van der Waals surface area (Å²) in [6.45, 7) is 4.40. The highest BCUT2D eigenvalue weighted by atomic mass is 16.5. The van der Waals surface area contributed by atoms with Crippen molar-refractivity contribution in [3.05, 3.63) is 40.6 Å². The highest BCUT2D eigenvalue weighted by Crippen LogP contribution is 2.33. The Labute approximate surface area is 159 Å². The first-order valence-electron chi connectivity index (χ1n) is 8.61. The summed E-state index contributed by atoms with van der Waals surface area (Å²) in [7, 11) is 4.65. The number of allylic oxidation sites excluding steroid dienone is 1. The molecule has 0 fully saturated rings. The van der Waals surface area contributed by atoms with E-state index in [1.54, 1.807) is 52.3 Å². The van der Waals surface area contributed by atoms with Crippen LogP contribution in [0.2, 0.25) is 0 Å². The second-order valence-corrected chi connectivity index (χ2v) is 5.80. The molecule has 7 heteroatoms. The molecule has 7 nitrogen and oxygen atoms in total. The molecule has 1 heterocycles. The molecule has 0 N–H and O–H groups in total. The molecule has 0 saturated heterocycles. The predicted octanol–water partition coefficient (Wildman–Crippen LogP) is 2.41. The van der Waals surface area contributed by atoms with Crippen molar-refractivity contribution in [3.8, 4) is 11.5 Å². The van der Waals surface area contributed by atoms with Crippen molar-refractivity contribution < 1.29 is 28.5 Å². The van der Waals surface area contributed by atoms with Crippen molar-refractivity contribution in [1.29, 1.82) is 0 Å². The van der Waals surface area contributed by atoms with Gasteiger partial charge in [-0.05, 0) is 37.6 Å². The van der Waals surface area contributed by atoms with E-state index < -0.39 is 5.97 Å². The number of carbonyl (C=O) groups is 2. The van der Waals surface area contributed by atoms with E-state index in [2.05, 4.69) is 0 Å². The Morgan fingerprint density at radius 1 is 1.15 bits per heavy atom. The first-order chi connectivity index (χ1) is 13.0. The van der Waals surface area contributed by atoms with E-state index in [9.17, 15) is 9.59 Å². The van der Waals surface area contributed by atoms with Crippen LogP contribution in [0.25, 0.3) is 6.08 Å². The van der Waals surface area contributed by atoms with Crippen LogP contribution >= 0.6 is 0 Å². The lowest BCUT2D eigenvalue weighted by Gasteiger charge is -2.16. The van der Waals surface area contributed by atoms with E-state index in [0.29, 0.717) is 35.9 Å². The van der Waals surface area contributed by atoms with Gasteiger partial charge in [0.15, 0.2) is 11.5 Å². The highest BCUT2D eigenvalue weighted by Gasteiger charge is 2.36. The summed E-state index contributed by atoms with van der Waals surface area (Å²) >= 11 is 0. The van der Waals surface area contributed by atoms with Gasteiger partial charge in [-0.15, -0.1) is 0 Å². The number of carbonyl (C=O) groups excluding carboxylic acids is 2. The van der Waals surface area contributed by atoms with E-state index >= 15 is 0 Å². The number of benzene rings is 1. The Morgan fingerprint density at radius 2 is 1.85 bits per heavy atom. The van der Waals surface area contributed by atoms with Crippen LogP contribution in [0.4, 0.5) is 0 Å². The van der Waals surface area contributed by atoms with Crippen LogP contribution in [0, 0.1) is 0 Å². The molecular weight excluding hydrogens is 350 g/mol. The van der Waals surface area contributed by atoms with E-state index in [-0.39, 0.29) is 23.7 Å². The average Bonchev–Trinajstić information content (AvgIpc) is 2.89. The van der Waals surface area contributed by atoms with Gasteiger partial charge in [0.05, 0.1) is 38.6 Å². The fourth-order valence-corrected chi connectivity index (χ4v) is 2.89. The second kappa shape index (κ2) is 9.23. The molecule has 0 saturated carbocycles. The van der Waals surface area contributed by atoms with Crippen LogP contribution in [0.3, 0.4) is 0 Å². The Hall–Kier alpha value is -2.80. The topological polar surface area (TPSA) is 74.3 Å². The molecule has 1 amide bonds. The highest BCUT2D eigenvalue weighted by molar-refractivity contribution is 6.16. The van der Waals surface area contributed by atoms with Gasteiger partial charge in [0, 0.05) is 19.4 Å². The molecule has 0 atom stereocenters. The Balaban J connectivity index is 2.49. The number of amides is 1. The molecule has 2 rings (SSSR count). The molecule has 1 aliphatic rings. The molecule has 1 aromatic rings. The van der Waals surface area contributed by atoms with Gasteiger partial charge in [0.2, 0.25) is 0 Å². The van der Waals surface area contributed by atoms with Crippen LogP contribution in [-0.2, 0) is 19.1 Å². The standard InChI is InChI=1S/C20H25NO6/c1-6-27-20(23)18-13(2)21(9-10-24-3)19(22)15(18)11-14-7-8-16(25-4)17(12-14)26-5/h7-8,11-12H,6,9-10H2,1-5H3/b15-11-. The van der Waals surface area contributed by atoms with Gasteiger partial charge in [-0.1, -0.05) is 6.07 Å². The summed E-state index contributed by atoms with van der Waals surface area (Å²) in [5.74, 6) is 0.334. The number of methoxy groups -OCH3 is 3.